The quantitative estimate of drug-likeness (QED) is 0.649. The first-order valence-corrected chi connectivity index (χ1v) is 6.49. The van der Waals surface area contributed by atoms with E-state index in [-0.39, 0.29) is 11.8 Å². The number of benzene rings is 1. The first-order valence-electron chi connectivity index (χ1n) is 6.49. The van der Waals surface area contributed by atoms with Crippen LogP contribution in [0.25, 0.3) is 0 Å². The van der Waals surface area contributed by atoms with Crippen LogP contribution in [0.4, 0.5) is 11.4 Å². The summed E-state index contributed by atoms with van der Waals surface area (Å²) < 4.78 is 5.53. The third-order valence-electron chi connectivity index (χ3n) is 2.59. The third kappa shape index (κ3) is 4.41. The number of nitro benzene ring substituents is 1. The number of non-ortho nitro benzene ring substituents is 1. The molecular formula is C14H16N4O3. The molecule has 7 nitrogen and oxygen atoms in total. The Morgan fingerprint density at radius 2 is 2.19 bits per heavy atom. The van der Waals surface area contributed by atoms with E-state index in [1.807, 2.05) is 13.8 Å². The van der Waals surface area contributed by atoms with Crippen LogP contribution < -0.4 is 10.1 Å². The molecule has 110 valence electrons. The molecule has 0 atom stereocenters. The summed E-state index contributed by atoms with van der Waals surface area (Å²) in [6.07, 6.45) is 3.05. The summed E-state index contributed by atoms with van der Waals surface area (Å²) in [5.74, 6) is 0.462. The molecule has 7 heteroatoms. The van der Waals surface area contributed by atoms with E-state index in [1.165, 1.54) is 18.5 Å². The van der Waals surface area contributed by atoms with Crippen LogP contribution >= 0.6 is 0 Å². The van der Waals surface area contributed by atoms with E-state index in [2.05, 4.69) is 15.3 Å². The molecule has 0 aliphatic heterocycles. The van der Waals surface area contributed by atoms with Crippen LogP contribution in [0.1, 0.15) is 19.5 Å². The van der Waals surface area contributed by atoms with Gasteiger partial charge in [0.2, 0.25) is 0 Å². The van der Waals surface area contributed by atoms with Crippen molar-refractivity contribution < 1.29 is 9.66 Å². The van der Waals surface area contributed by atoms with Gasteiger partial charge >= 0.3 is 0 Å². The highest BCUT2D eigenvalue weighted by atomic mass is 16.6. The third-order valence-corrected chi connectivity index (χ3v) is 2.59. The van der Waals surface area contributed by atoms with E-state index < -0.39 is 4.92 Å². The molecule has 0 unspecified atom stereocenters. The van der Waals surface area contributed by atoms with Crippen molar-refractivity contribution in [3.63, 3.8) is 0 Å². The molecule has 0 saturated carbocycles. The van der Waals surface area contributed by atoms with Gasteiger partial charge in [-0.1, -0.05) is 0 Å². The van der Waals surface area contributed by atoms with Crippen LogP contribution in [0.3, 0.4) is 0 Å². The number of ether oxygens (including phenoxy) is 1. The molecule has 1 N–H and O–H groups in total. The maximum absolute atomic E-state index is 11.0. The van der Waals surface area contributed by atoms with E-state index in [0.717, 1.165) is 5.69 Å². The number of hydrogen-bond acceptors (Lipinski definition) is 6. The second kappa shape index (κ2) is 6.65. The molecule has 0 fully saturated rings. The van der Waals surface area contributed by atoms with Gasteiger partial charge in [-0.2, -0.15) is 0 Å². The fourth-order valence-corrected chi connectivity index (χ4v) is 1.75. The Morgan fingerprint density at radius 3 is 2.81 bits per heavy atom. The number of anilines is 1. The second-order valence-electron chi connectivity index (χ2n) is 4.69. The minimum Gasteiger partial charge on any atom is -0.491 e. The van der Waals surface area contributed by atoms with E-state index in [4.69, 9.17) is 4.74 Å². The molecule has 1 heterocycles. The molecule has 0 amide bonds. The number of nitro groups is 1. The van der Waals surface area contributed by atoms with Crippen LogP contribution in [-0.2, 0) is 6.54 Å². The highest BCUT2D eigenvalue weighted by molar-refractivity contribution is 5.56. The van der Waals surface area contributed by atoms with E-state index >= 15 is 0 Å². The average molecular weight is 288 g/mol. The highest BCUT2D eigenvalue weighted by Crippen LogP contribution is 2.27. The summed E-state index contributed by atoms with van der Waals surface area (Å²) in [5, 5.41) is 14.1. The first kappa shape index (κ1) is 14.7. The Labute approximate surface area is 122 Å². The largest absolute Gasteiger partial charge is 0.491 e. The second-order valence-corrected chi connectivity index (χ2v) is 4.69. The highest BCUT2D eigenvalue weighted by Gasteiger charge is 2.11. The number of hydrogen-bond donors (Lipinski definition) is 1. The molecule has 0 spiro atoms. The molecule has 0 radical (unpaired) electrons. The molecule has 2 aromatic rings. The Kier molecular flexibility index (Phi) is 4.65. The van der Waals surface area contributed by atoms with Gasteiger partial charge in [-0.15, -0.1) is 0 Å². The molecule has 0 bridgehead atoms. The summed E-state index contributed by atoms with van der Waals surface area (Å²) in [5.41, 5.74) is 1.39. The minimum atomic E-state index is -0.441. The first-order chi connectivity index (χ1) is 10.0. The lowest BCUT2D eigenvalue weighted by Crippen LogP contribution is -2.07. The number of nitrogens with zero attached hydrogens (tertiary/aromatic N) is 3. The van der Waals surface area contributed by atoms with Gasteiger partial charge < -0.3 is 10.1 Å². The average Bonchev–Trinajstić information content (AvgIpc) is 2.45. The fraction of sp³-hybridized carbons (Fsp3) is 0.286. The SMILES string of the molecule is CC(C)Oc1cc(NCc2ccncn2)cc([N+](=O)[O-])c1. The van der Waals surface area contributed by atoms with E-state index in [9.17, 15) is 10.1 Å². The van der Waals surface area contributed by atoms with Crippen molar-refractivity contribution in [2.75, 3.05) is 5.32 Å². The van der Waals surface area contributed by atoms with Crippen LogP contribution in [0.15, 0.2) is 36.8 Å². The summed E-state index contributed by atoms with van der Waals surface area (Å²) in [4.78, 5) is 18.4. The molecule has 0 aliphatic rings. The lowest BCUT2D eigenvalue weighted by Gasteiger charge is -2.12. The lowest BCUT2D eigenvalue weighted by molar-refractivity contribution is -0.384. The van der Waals surface area contributed by atoms with E-state index in [1.54, 1.807) is 18.3 Å². The zero-order valence-corrected chi connectivity index (χ0v) is 11.8. The normalized spacial score (nSPS) is 10.4. The van der Waals surface area contributed by atoms with E-state index in [0.29, 0.717) is 18.0 Å². The maximum atomic E-state index is 11.0. The fourth-order valence-electron chi connectivity index (χ4n) is 1.75. The standard InChI is InChI=1S/C14H16N4O3/c1-10(2)21-14-6-12(5-13(7-14)18(19)20)16-8-11-3-4-15-9-17-11/h3-7,9-10,16H,8H2,1-2H3. The zero-order chi connectivity index (χ0) is 15.2. The van der Waals surface area contributed by atoms with Crippen molar-refractivity contribution in [3.8, 4) is 5.75 Å². The van der Waals surface area contributed by atoms with Crippen molar-refractivity contribution in [1.82, 2.24) is 9.97 Å². The van der Waals surface area contributed by atoms with Gasteiger partial charge in [0.15, 0.2) is 0 Å². The van der Waals surface area contributed by atoms with Crippen molar-refractivity contribution in [2.24, 2.45) is 0 Å². The molecule has 0 saturated heterocycles. The summed E-state index contributed by atoms with van der Waals surface area (Å²) in [7, 11) is 0. The number of nitrogens with one attached hydrogen (secondary N) is 1. The topological polar surface area (TPSA) is 90.2 Å². The van der Waals surface area contributed by atoms with Gasteiger partial charge in [-0.25, -0.2) is 9.97 Å². The van der Waals surface area contributed by atoms with Gasteiger partial charge in [0.25, 0.3) is 5.69 Å². The van der Waals surface area contributed by atoms with Crippen LogP contribution in [0.5, 0.6) is 5.75 Å². The molecule has 0 aliphatic carbocycles. The van der Waals surface area contributed by atoms with Crippen LogP contribution in [-0.4, -0.2) is 21.0 Å². The summed E-state index contributed by atoms with van der Waals surface area (Å²) in [6, 6.07) is 6.38. The Hall–Kier alpha value is -2.70. The molecule has 2 rings (SSSR count). The predicted molar refractivity (Wildman–Crippen MR) is 78.2 cm³/mol. The zero-order valence-electron chi connectivity index (χ0n) is 11.8. The van der Waals surface area contributed by atoms with Crippen molar-refractivity contribution in [2.45, 2.75) is 26.5 Å². The minimum absolute atomic E-state index is 0.0154. The van der Waals surface area contributed by atoms with Crippen LogP contribution in [0, 0.1) is 10.1 Å². The molecule has 1 aromatic heterocycles. The van der Waals surface area contributed by atoms with Gasteiger partial charge in [-0.3, -0.25) is 10.1 Å². The molecule has 1 aromatic carbocycles. The number of rotatable bonds is 6. The Balaban J connectivity index is 2.17. The van der Waals surface area contributed by atoms with Crippen molar-refractivity contribution in [1.29, 1.82) is 0 Å². The van der Waals surface area contributed by atoms with Crippen LogP contribution in [0.2, 0.25) is 0 Å². The number of aromatic nitrogens is 2. The summed E-state index contributed by atoms with van der Waals surface area (Å²) >= 11 is 0. The summed E-state index contributed by atoms with van der Waals surface area (Å²) in [6.45, 7) is 4.18. The monoisotopic (exact) mass is 288 g/mol. The molecular weight excluding hydrogens is 272 g/mol. The van der Waals surface area contributed by atoms with Crippen molar-refractivity contribution in [3.05, 3.63) is 52.6 Å². The smallest absolute Gasteiger partial charge is 0.275 e. The van der Waals surface area contributed by atoms with Crippen molar-refractivity contribution >= 4 is 11.4 Å². The molecule has 21 heavy (non-hydrogen) atoms. The Morgan fingerprint density at radius 1 is 1.38 bits per heavy atom. The van der Waals surface area contributed by atoms with Gasteiger partial charge in [0.1, 0.15) is 12.1 Å². The van der Waals surface area contributed by atoms with Gasteiger partial charge in [0.05, 0.1) is 29.3 Å². The Bertz CT molecular complexity index is 617. The predicted octanol–water partition coefficient (Wildman–Crippen LogP) is 2.78. The maximum Gasteiger partial charge on any atom is 0.275 e. The van der Waals surface area contributed by atoms with Gasteiger partial charge in [0, 0.05) is 24.0 Å². The lowest BCUT2D eigenvalue weighted by atomic mass is 10.2. The van der Waals surface area contributed by atoms with Gasteiger partial charge in [-0.05, 0) is 19.9 Å².